The van der Waals surface area contributed by atoms with Gasteiger partial charge in [0.25, 0.3) is 5.91 Å². The highest BCUT2D eigenvalue weighted by atomic mass is 32.1. The van der Waals surface area contributed by atoms with Gasteiger partial charge in [-0.1, -0.05) is 60.7 Å². The van der Waals surface area contributed by atoms with Crippen LogP contribution in [0, 0.1) is 0 Å². The van der Waals surface area contributed by atoms with Crippen molar-refractivity contribution >= 4 is 40.3 Å². The lowest BCUT2D eigenvalue weighted by molar-refractivity contribution is -0.137. The number of hydrogen-bond donors (Lipinski definition) is 2. The van der Waals surface area contributed by atoms with Crippen LogP contribution in [0.4, 0.5) is 24.5 Å². The van der Waals surface area contributed by atoms with Crippen LogP contribution >= 0.6 is 12.2 Å². The fourth-order valence-electron chi connectivity index (χ4n) is 3.56. The molecule has 1 amide bonds. The Balaban J connectivity index is 1.68. The number of halogens is 3. The lowest BCUT2D eigenvalue weighted by Crippen LogP contribution is -2.47. The number of benzodiazepines with no additional fused rings is 1. The second-order valence-electron chi connectivity index (χ2n) is 7.30. The Hall–Kier alpha value is -3.72. The zero-order valence-corrected chi connectivity index (χ0v) is 18.2. The molecule has 33 heavy (non-hydrogen) atoms. The summed E-state index contributed by atoms with van der Waals surface area (Å²) >= 11 is 5.25. The summed E-state index contributed by atoms with van der Waals surface area (Å²) in [7, 11) is 1.62. The van der Waals surface area contributed by atoms with Crippen LogP contribution in [0.2, 0.25) is 0 Å². The Morgan fingerprint density at radius 3 is 2.33 bits per heavy atom. The minimum atomic E-state index is -4.56. The van der Waals surface area contributed by atoms with Gasteiger partial charge < -0.3 is 15.5 Å². The monoisotopic (exact) mass is 468 g/mol. The van der Waals surface area contributed by atoms with Crippen LogP contribution in [0.25, 0.3) is 0 Å². The number of nitrogens with zero attached hydrogens (tertiary/aromatic N) is 2. The van der Waals surface area contributed by atoms with Crippen molar-refractivity contribution in [3.8, 4) is 0 Å². The summed E-state index contributed by atoms with van der Waals surface area (Å²) in [6, 6.07) is 21.7. The Kier molecular flexibility index (Phi) is 6.15. The van der Waals surface area contributed by atoms with Gasteiger partial charge in [0, 0.05) is 18.2 Å². The predicted molar refractivity (Wildman–Crippen MR) is 127 cm³/mol. The third-order valence-corrected chi connectivity index (χ3v) is 5.36. The topological polar surface area (TPSA) is 56.7 Å². The fourth-order valence-corrected chi connectivity index (χ4v) is 3.79. The van der Waals surface area contributed by atoms with Crippen molar-refractivity contribution < 1.29 is 18.0 Å². The molecule has 0 fully saturated rings. The number of aliphatic imine (C=N–C) groups is 1. The van der Waals surface area contributed by atoms with E-state index in [1.54, 1.807) is 7.05 Å². The first-order chi connectivity index (χ1) is 15.8. The van der Waals surface area contributed by atoms with Gasteiger partial charge in [-0.05, 0) is 30.4 Å². The van der Waals surface area contributed by atoms with Crippen LogP contribution in [0.5, 0.6) is 0 Å². The van der Waals surface area contributed by atoms with Gasteiger partial charge in [-0.3, -0.25) is 4.79 Å². The van der Waals surface area contributed by atoms with Crippen LogP contribution in [0.15, 0.2) is 83.9 Å². The second kappa shape index (κ2) is 9.03. The molecule has 0 aromatic heterocycles. The van der Waals surface area contributed by atoms with Crippen LogP contribution < -0.4 is 15.5 Å². The number of anilines is 2. The number of fused-ring (bicyclic) bond motifs is 1. The number of hydrogen-bond acceptors (Lipinski definition) is 3. The fraction of sp³-hybridized carbons (Fsp3) is 0.125. The molecule has 0 bridgehead atoms. The molecule has 1 aliphatic rings. The Morgan fingerprint density at radius 1 is 0.970 bits per heavy atom. The molecular weight excluding hydrogens is 449 g/mol. The maximum atomic E-state index is 13.3. The van der Waals surface area contributed by atoms with Crippen molar-refractivity contribution in [3.63, 3.8) is 0 Å². The van der Waals surface area contributed by atoms with Gasteiger partial charge in [-0.25, -0.2) is 4.99 Å². The van der Waals surface area contributed by atoms with Crippen molar-refractivity contribution in [2.75, 3.05) is 17.3 Å². The number of para-hydroxylation sites is 2. The maximum Gasteiger partial charge on any atom is 0.418 e. The standard InChI is InChI=1S/C24H19F3N4OS/c1-31-19-14-8-5-11-16(19)20(15-9-3-2-4-10-15)29-21(22(31)32)30-23(33)28-18-13-7-6-12-17(18)24(25,26)27/h2-14,21H,1H3,(H2,28,30,33). The molecule has 0 aliphatic carbocycles. The molecule has 4 rings (SSSR count). The zero-order valence-electron chi connectivity index (χ0n) is 17.4. The second-order valence-corrected chi connectivity index (χ2v) is 7.71. The van der Waals surface area contributed by atoms with E-state index in [9.17, 15) is 18.0 Å². The molecule has 0 saturated heterocycles. The summed E-state index contributed by atoms with van der Waals surface area (Å²) in [6.07, 6.45) is -5.70. The first kappa shape index (κ1) is 22.5. The van der Waals surface area contributed by atoms with Crippen molar-refractivity contribution in [2.45, 2.75) is 12.3 Å². The Bertz CT molecular complexity index is 1230. The molecule has 168 valence electrons. The summed E-state index contributed by atoms with van der Waals surface area (Å²) in [6.45, 7) is 0. The molecule has 1 heterocycles. The normalized spacial score (nSPS) is 15.9. The van der Waals surface area contributed by atoms with Crippen molar-refractivity contribution in [1.29, 1.82) is 0 Å². The van der Waals surface area contributed by atoms with E-state index in [-0.39, 0.29) is 10.8 Å². The van der Waals surface area contributed by atoms with Crippen molar-refractivity contribution in [2.24, 2.45) is 4.99 Å². The van der Waals surface area contributed by atoms with E-state index >= 15 is 0 Å². The van der Waals surface area contributed by atoms with Gasteiger partial charge in [0.15, 0.2) is 5.11 Å². The average molecular weight is 469 g/mol. The minimum absolute atomic E-state index is 0.152. The molecule has 0 radical (unpaired) electrons. The Labute approximate surface area is 194 Å². The van der Waals surface area contributed by atoms with Gasteiger partial charge in [0.05, 0.1) is 22.6 Å². The summed E-state index contributed by atoms with van der Waals surface area (Å²) in [5, 5.41) is 5.18. The molecule has 1 unspecified atom stereocenters. The molecule has 1 aliphatic heterocycles. The van der Waals surface area contributed by atoms with Gasteiger partial charge in [0.1, 0.15) is 0 Å². The first-order valence-corrected chi connectivity index (χ1v) is 10.4. The molecule has 5 nitrogen and oxygen atoms in total. The molecule has 1 atom stereocenters. The number of amides is 1. The molecule has 3 aromatic rings. The van der Waals surface area contributed by atoms with Crippen LogP contribution in [0.3, 0.4) is 0 Å². The predicted octanol–water partition coefficient (Wildman–Crippen LogP) is 4.83. The number of alkyl halides is 3. The first-order valence-electron chi connectivity index (χ1n) is 9.99. The van der Waals surface area contributed by atoms with Gasteiger partial charge in [-0.15, -0.1) is 0 Å². The SMILES string of the molecule is CN1C(=O)C(NC(=S)Nc2ccccc2C(F)(F)F)N=C(c2ccccc2)c2ccccc21. The number of carbonyl (C=O) groups is 1. The molecular formula is C24H19F3N4OS. The van der Waals surface area contributed by atoms with E-state index in [1.165, 1.54) is 23.1 Å². The van der Waals surface area contributed by atoms with Crippen molar-refractivity contribution in [1.82, 2.24) is 5.32 Å². The van der Waals surface area contributed by atoms with Crippen molar-refractivity contribution in [3.05, 3.63) is 95.6 Å². The van der Waals surface area contributed by atoms with Gasteiger partial charge in [-0.2, -0.15) is 13.2 Å². The third-order valence-electron chi connectivity index (χ3n) is 5.14. The highest BCUT2D eigenvalue weighted by molar-refractivity contribution is 7.80. The van der Waals surface area contributed by atoms with E-state index in [0.717, 1.165) is 17.2 Å². The smallest absolute Gasteiger partial charge is 0.333 e. The number of rotatable bonds is 3. The van der Waals surface area contributed by atoms with Gasteiger partial charge >= 0.3 is 6.18 Å². The highest BCUT2D eigenvalue weighted by Gasteiger charge is 2.34. The van der Waals surface area contributed by atoms with E-state index in [2.05, 4.69) is 15.6 Å². The average Bonchev–Trinajstić information content (AvgIpc) is 2.90. The quantitative estimate of drug-likeness (QED) is 0.541. The highest BCUT2D eigenvalue weighted by Crippen LogP contribution is 2.34. The molecule has 9 heteroatoms. The number of likely N-dealkylation sites (N-methyl/N-ethyl adjacent to an activating group) is 1. The summed E-state index contributed by atoms with van der Waals surface area (Å²) < 4.78 is 40.0. The maximum absolute atomic E-state index is 13.3. The summed E-state index contributed by atoms with van der Waals surface area (Å²) in [5.41, 5.74) is 1.70. The van der Waals surface area contributed by atoms with Gasteiger partial charge in [0.2, 0.25) is 6.17 Å². The van der Waals surface area contributed by atoms with E-state index < -0.39 is 23.8 Å². The molecule has 0 spiro atoms. The minimum Gasteiger partial charge on any atom is -0.333 e. The largest absolute Gasteiger partial charge is 0.418 e. The van der Waals surface area contributed by atoms with E-state index in [1.807, 2.05) is 54.6 Å². The van der Waals surface area contributed by atoms with E-state index in [4.69, 9.17) is 12.2 Å². The number of carbonyl (C=O) groups excluding carboxylic acids is 1. The lowest BCUT2D eigenvalue weighted by atomic mass is 10.0. The summed E-state index contributed by atoms with van der Waals surface area (Å²) in [5.74, 6) is -0.401. The lowest BCUT2D eigenvalue weighted by Gasteiger charge is -2.22. The Morgan fingerprint density at radius 2 is 1.61 bits per heavy atom. The number of benzene rings is 3. The van der Waals surface area contributed by atoms with E-state index in [0.29, 0.717) is 11.4 Å². The molecule has 3 aromatic carbocycles. The summed E-state index contributed by atoms with van der Waals surface area (Å²) in [4.78, 5) is 19.3. The molecule has 2 N–H and O–H groups in total. The van der Waals surface area contributed by atoms with Crippen LogP contribution in [0.1, 0.15) is 16.7 Å². The number of thiocarbonyl (C=S) groups is 1. The number of nitrogens with one attached hydrogen (secondary N) is 2. The van der Waals surface area contributed by atoms with Crippen LogP contribution in [-0.4, -0.2) is 29.9 Å². The third kappa shape index (κ3) is 4.73. The molecule has 0 saturated carbocycles. The van der Waals surface area contributed by atoms with Crippen LogP contribution in [-0.2, 0) is 11.0 Å². The zero-order chi connectivity index (χ0) is 23.6.